The van der Waals surface area contributed by atoms with Crippen LogP contribution in [0, 0.1) is 0 Å². The second-order valence-corrected chi connectivity index (χ2v) is 4.79. The standard InChI is InChI=1S/C12H22N4/c1-15-6-4-3-5-11(15)7-10-8-12(9-13)16(2)14-10/h8,11H,3-7,9,13H2,1-2H3. The maximum atomic E-state index is 5.65. The van der Waals surface area contributed by atoms with Gasteiger partial charge in [0.25, 0.3) is 0 Å². The van der Waals surface area contributed by atoms with Crippen molar-refractivity contribution in [3.05, 3.63) is 17.5 Å². The van der Waals surface area contributed by atoms with Crippen LogP contribution in [0.2, 0.25) is 0 Å². The van der Waals surface area contributed by atoms with E-state index in [0.29, 0.717) is 12.6 Å². The molecule has 0 radical (unpaired) electrons. The summed E-state index contributed by atoms with van der Waals surface area (Å²) in [6, 6.07) is 2.80. The number of nitrogens with two attached hydrogens (primary N) is 1. The number of likely N-dealkylation sites (N-methyl/N-ethyl adjacent to an activating group) is 1. The molecule has 0 saturated carbocycles. The zero-order chi connectivity index (χ0) is 11.5. The second kappa shape index (κ2) is 4.97. The summed E-state index contributed by atoms with van der Waals surface area (Å²) in [4.78, 5) is 2.46. The fourth-order valence-electron chi connectivity index (χ4n) is 2.51. The van der Waals surface area contributed by atoms with E-state index in [2.05, 4.69) is 23.1 Å². The van der Waals surface area contributed by atoms with E-state index >= 15 is 0 Å². The molecule has 0 aromatic carbocycles. The number of nitrogens with zero attached hydrogens (tertiary/aromatic N) is 3. The fourth-order valence-corrected chi connectivity index (χ4v) is 2.51. The Morgan fingerprint density at radius 2 is 2.25 bits per heavy atom. The van der Waals surface area contributed by atoms with E-state index in [1.54, 1.807) is 0 Å². The fraction of sp³-hybridized carbons (Fsp3) is 0.750. The highest BCUT2D eigenvalue weighted by molar-refractivity contribution is 5.11. The Bertz CT molecular complexity index is 345. The van der Waals surface area contributed by atoms with Gasteiger partial charge in [0, 0.05) is 26.1 Å². The number of hydrogen-bond donors (Lipinski definition) is 1. The topological polar surface area (TPSA) is 47.1 Å². The average molecular weight is 222 g/mol. The van der Waals surface area contributed by atoms with Crippen molar-refractivity contribution in [2.24, 2.45) is 12.8 Å². The molecular formula is C12H22N4. The summed E-state index contributed by atoms with van der Waals surface area (Å²) in [5.74, 6) is 0. The van der Waals surface area contributed by atoms with Gasteiger partial charge in [-0.1, -0.05) is 6.42 Å². The summed E-state index contributed by atoms with van der Waals surface area (Å²) in [7, 11) is 4.19. The molecule has 16 heavy (non-hydrogen) atoms. The van der Waals surface area contributed by atoms with Crippen LogP contribution in [-0.4, -0.2) is 34.3 Å². The minimum Gasteiger partial charge on any atom is -0.325 e. The Morgan fingerprint density at radius 3 is 2.88 bits per heavy atom. The maximum Gasteiger partial charge on any atom is 0.0643 e. The highest BCUT2D eigenvalue weighted by Gasteiger charge is 2.20. The molecule has 4 heteroatoms. The molecule has 1 aliphatic rings. The average Bonchev–Trinajstić information content (AvgIpc) is 2.62. The Hall–Kier alpha value is -0.870. The van der Waals surface area contributed by atoms with Crippen molar-refractivity contribution in [3.8, 4) is 0 Å². The third-order valence-electron chi connectivity index (χ3n) is 3.60. The summed E-state index contributed by atoms with van der Waals surface area (Å²) in [5.41, 5.74) is 7.95. The number of likely N-dealkylation sites (tertiary alicyclic amines) is 1. The normalized spacial score (nSPS) is 22.6. The molecule has 0 amide bonds. The van der Waals surface area contributed by atoms with Crippen molar-refractivity contribution >= 4 is 0 Å². The maximum absolute atomic E-state index is 5.65. The van der Waals surface area contributed by atoms with Crippen molar-refractivity contribution in [2.75, 3.05) is 13.6 Å². The lowest BCUT2D eigenvalue weighted by Gasteiger charge is -2.31. The second-order valence-electron chi connectivity index (χ2n) is 4.79. The Labute approximate surface area is 97.4 Å². The van der Waals surface area contributed by atoms with Gasteiger partial charge in [-0.3, -0.25) is 4.68 Å². The first-order chi connectivity index (χ1) is 7.70. The van der Waals surface area contributed by atoms with Crippen molar-refractivity contribution in [1.29, 1.82) is 0 Å². The lowest BCUT2D eigenvalue weighted by Crippen LogP contribution is -2.37. The largest absolute Gasteiger partial charge is 0.325 e. The SMILES string of the molecule is CN1CCCCC1Cc1cc(CN)n(C)n1. The van der Waals surface area contributed by atoms with Gasteiger partial charge in [-0.05, 0) is 32.5 Å². The van der Waals surface area contributed by atoms with Gasteiger partial charge in [0.1, 0.15) is 0 Å². The molecule has 1 aromatic rings. The van der Waals surface area contributed by atoms with Crippen LogP contribution in [0.1, 0.15) is 30.7 Å². The first-order valence-corrected chi connectivity index (χ1v) is 6.13. The number of aryl methyl sites for hydroxylation is 1. The van der Waals surface area contributed by atoms with Crippen LogP contribution < -0.4 is 5.73 Å². The Balaban J connectivity index is 2.02. The molecular weight excluding hydrogens is 200 g/mol. The first-order valence-electron chi connectivity index (χ1n) is 6.13. The lowest BCUT2D eigenvalue weighted by molar-refractivity contribution is 0.183. The Kier molecular flexibility index (Phi) is 3.61. The summed E-state index contributed by atoms with van der Waals surface area (Å²) in [5, 5.41) is 4.52. The van der Waals surface area contributed by atoms with E-state index in [9.17, 15) is 0 Å². The van der Waals surface area contributed by atoms with Crippen molar-refractivity contribution in [1.82, 2.24) is 14.7 Å². The summed E-state index contributed by atoms with van der Waals surface area (Å²) in [6.07, 6.45) is 5.05. The number of hydrogen-bond acceptors (Lipinski definition) is 3. The van der Waals surface area contributed by atoms with Gasteiger partial charge >= 0.3 is 0 Å². The molecule has 2 N–H and O–H groups in total. The molecule has 90 valence electrons. The van der Waals surface area contributed by atoms with E-state index in [1.165, 1.54) is 31.5 Å². The highest BCUT2D eigenvalue weighted by atomic mass is 15.3. The van der Waals surface area contributed by atoms with Gasteiger partial charge in [-0.2, -0.15) is 5.10 Å². The molecule has 0 bridgehead atoms. The van der Waals surface area contributed by atoms with Gasteiger partial charge in [0.15, 0.2) is 0 Å². The van der Waals surface area contributed by atoms with Crippen LogP contribution in [0.15, 0.2) is 6.07 Å². The molecule has 1 saturated heterocycles. The van der Waals surface area contributed by atoms with Crippen LogP contribution >= 0.6 is 0 Å². The smallest absolute Gasteiger partial charge is 0.0643 e. The molecule has 4 nitrogen and oxygen atoms in total. The van der Waals surface area contributed by atoms with Crippen LogP contribution in [-0.2, 0) is 20.0 Å². The number of aromatic nitrogens is 2. The monoisotopic (exact) mass is 222 g/mol. The summed E-state index contributed by atoms with van der Waals surface area (Å²) < 4.78 is 1.90. The molecule has 1 aliphatic heterocycles. The van der Waals surface area contributed by atoms with E-state index in [-0.39, 0.29) is 0 Å². The molecule has 2 heterocycles. The van der Waals surface area contributed by atoms with Gasteiger partial charge < -0.3 is 10.6 Å². The minimum absolute atomic E-state index is 0.573. The van der Waals surface area contributed by atoms with Crippen molar-refractivity contribution in [3.63, 3.8) is 0 Å². The molecule has 1 atom stereocenters. The molecule has 2 rings (SSSR count). The third kappa shape index (κ3) is 2.44. The summed E-state index contributed by atoms with van der Waals surface area (Å²) >= 11 is 0. The molecule has 1 aromatic heterocycles. The molecule has 1 unspecified atom stereocenters. The third-order valence-corrected chi connectivity index (χ3v) is 3.60. The van der Waals surface area contributed by atoms with E-state index in [1.807, 2.05) is 11.7 Å². The van der Waals surface area contributed by atoms with Crippen LogP contribution in [0.5, 0.6) is 0 Å². The van der Waals surface area contributed by atoms with Crippen LogP contribution in [0.3, 0.4) is 0 Å². The molecule has 1 fully saturated rings. The van der Waals surface area contributed by atoms with Gasteiger partial charge in [-0.25, -0.2) is 0 Å². The van der Waals surface area contributed by atoms with Crippen molar-refractivity contribution in [2.45, 2.75) is 38.3 Å². The van der Waals surface area contributed by atoms with Gasteiger partial charge in [-0.15, -0.1) is 0 Å². The Morgan fingerprint density at radius 1 is 1.44 bits per heavy atom. The highest BCUT2D eigenvalue weighted by Crippen LogP contribution is 2.18. The zero-order valence-electron chi connectivity index (χ0n) is 10.3. The van der Waals surface area contributed by atoms with E-state index in [0.717, 1.165) is 12.1 Å². The van der Waals surface area contributed by atoms with E-state index < -0.39 is 0 Å². The molecule has 0 spiro atoms. The molecule has 0 aliphatic carbocycles. The summed E-state index contributed by atoms with van der Waals surface area (Å²) in [6.45, 7) is 1.80. The van der Waals surface area contributed by atoms with Crippen LogP contribution in [0.25, 0.3) is 0 Å². The van der Waals surface area contributed by atoms with Gasteiger partial charge in [0.05, 0.1) is 11.4 Å². The van der Waals surface area contributed by atoms with E-state index in [4.69, 9.17) is 5.73 Å². The van der Waals surface area contributed by atoms with Gasteiger partial charge in [0.2, 0.25) is 0 Å². The zero-order valence-corrected chi connectivity index (χ0v) is 10.3. The lowest BCUT2D eigenvalue weighted by atomic mass is 9.99. The van der Waals surface area contributed by atoms with Crippen LogP contribution in [0.4, 0.5) is 0 Å². The minimum atomic E-state index is 0.573. The predicted octanol–water partition coefficient (Wildman–Crippen LogP) is 0.906. The van der Waals surface area contributed by atoms with Crippen molar-refractivity contribution < 1.29 is 0 Å². The predicted molar refractivity (Wildman–Crippen MR) is 65.1 cm³/mol. The number of rotatable bonds is 3. The number of piperidine rings is 1. The quantitative estimate of drug-likeness (QED) is 0.827. The first kappa shape index (κ1) is 11.6.